The number of hydrogen-bond donors (Lipinski definition) is 1. The van der Waals surface area contributed by atoms with Crippen LogP contribution in [0, 0.1) is 0 Å². The first kappa shape index (κ1) is 34.5. The number of carbonyl (C=O) groups is 2. The second kappa shape index (κ2) is 14.2. The Morgan fingerprint density at radius 1 is 0.930 bits per heavy atom. The number of nitrogens with zero attached hydrogens (tertiary/aromatic N) is 2. The fraction of sp³-hybridized carbons (Fsp3) is 0.310. The second-order valence-electron chi connectivity index (χ2n) is 10.1. The molecular formula is C29H29Cl3F3N3O4S. The molecule has 0 saturated heterocycles. The van der Waals surface area contributed by atoms with Crippen molar-refractivity contribution in [2.45, 2.75) is 45.1 Å². The molecule has 1 atom stereocenters. The van der Waals surface area contributed by atoms with Crippen molar-refractivity contribution in [3.05, 3.63) is 98.5 Å². The van der Waals surface area contributed by atoms with E-state index in [0.29, 0.717) is 26.5 Å². The summed E-state index contributed by atoms with van der Waals surface area (Å²) in [5.74, 6) is -1.38. The molecule has 3 rings (SSSR count). The van der Waals surface area contributed by atoms with Crippen LogP contribution in [-0.2, 0) is 38.8 Å². The quantitative estimate of drug-likeness (QED) is 0.248. The zero-order valence-corrected chi connectivity index (χ0v) is 26.4. The van der Waals surface area contributed by atoms with Crippen molar-refractivity contribution in [3.8, 4) is 0 Å². The van der Waals surface area contributed by atoms with Gasteiger partial charge in [0.2, 0.25) is 21.8 Å². The van der Waals surface area contributed by atoms with Crippen LogP contribution in [0.25, 0.3) is 0 Å². The van der Waals surface area contributed by atoms with Crippen molar-refractivity contribution in [3.63, 3.8) is 0 Å². The summed E-state index contributed by atoms with van der Waals surface area (Å²) in [5, 5.41) is 2.68. The van der Waals surface area contributed by atoms with E-state index in [1.807, 2.05) is 0 Å². The van der Waals surface area contributed by atoms with E-state index in [4.69, 9.17) is 34.8 Å². The maximum Gasteiger partial charge on any atom is 0.417 e. The zero-order valence-electron chi connectivity index (χ0n) is 23.3. The average molecular weight is 679 g/mol. The Hall–Kier alpha value is -2.99. The summed E-state index contributed by atoms with van der Waals surface area (Å²) in [5.41, 5.74) is -0.579. The molecule has 0 radical (unpaired) electrons. The predicted molar refractivity (Wildman–Crippen MR) is 163 cm³/mol. The maximum absolute atomic E-state index is 14.0. The number of amides is 2. The second-order valence-corrected chi connectivity index (χ2v) is 13.2. The van der Waals surface area contributed by atoms with Crippen LogP contribution < -0.4 is 9.62 Å². The molecular weight excluding hydrogens is 650 g/mol. The minimum Gasteiger partial charge on any atom is -0.352 e. The van der Waals surface area contributed by atoms with Gasteiger partial charge in [-0.2, -0.15) is 13.2 Å². The zero-order chi connectivity index (χ0) is 32.1. The van der Waals surface area contributed by atoms with E-state index in [-0.39, 0.29) is 24.0 Å². The Bertz CT molecular complexity index is 1570. The number of hydrogen-bond acceptors (Lipinski definition) is 4. The highest BCUT2D eigenvalue weighted by molar-refractivity contribution is 7.92. The number of halogens is 6. The lowest BCUT2D eigenvalue weighted by Gasteiger charge is -2.34. The van der Waals surface area contributed by atoms with Crippen LogP contribution in [0.5, 0.6) is 0 Å². The highest BCUT2D eigenvalue weighted by Gasteiger charge is 2.36. The molecule has 232 valence electrons. The van der Waals surface area contributed by atoms with Crippen molar-refractivity contribution < 1.29 is 31.2 Å². The molecule has 0 aliphatic heterocycles. The summed E-state index contributed by atoms with van der Waals surface area (Å²) in [6.45, 7) is 2.33. The molecule has 1 N–H and O–H groups in total. The normalized spacial score (nSPS) is 12.6. The van der Waals surface area contributed by atoms with Gasteiger partial charge in [0, 0.05) is 29.1 Å². The summed E-state index contributed by atoms with van der Waals surface area (Å²) >= 11 is 18.2. The molecule has 3 aromatic carbocycles. The first-order valence-corrected chi connectivity index (χ1v) is 15.9. The van der Waals surface area contributed by atoms with Crippen molar-refractivity contribution in [2.75, 3.05) is 17.1 Å². The van der Waals surface area contributed by atoms with E-state index in [0.717, 1.165) is 18.4 Å². The van der Waals surface area contributed by atoms with E-state index in [9.17, 15) is 31.2 Å². The largest absolute Gasteiger partial charge is 0.417 e. The van der Waals surface area contributed by atoms with Gasteiger partial charge in [-0.1, -0.05) is 71.2 Å². The lowest BCUT2D eigenvalue weighted by Crippen LogP contribution is -2.54. The van der Waals surface area contributed by atoms with Gasteiger partial charge >= 0.3 is 6.18 Å². The van der Waals surface area contributed by atoms with Gasteiger partial charge in [-0.15, -0.1) is 0 Å². The van der Waals surface area contributed by atoms with Crippen LogP contribution in [0.15, 0.2) is 66.7 Å². The minimum atomic E-state index is -4.88. The highest BCUT2D eigenvalue weighted by Crippen LogP contribution is 2.37. The van der Waals surface area contributed by atoms with Gasteiger partial charge < -0.3 is 10.2 Å². The summed E-state index contributed by atoms with van der Waals surface area (Å²) in [6, 6.07) is 14.5. The molecule has 0 saturated carbocycles. The molecule has 1 unspecified atom stereocenters. The number of carbonyl (C=O) groups excluding carboxylic acids is 2. The van der Waals surface area contributed by atoms with Gasteiger partial charge in [-0.05, 0) is 55.3 Å². The van der Waals surface area contributed by atoms with E-state index in [2.05, 4.69) is 5.32 Å². The standard InChI is InChI=1S/C29H29Cl3F3N3O4S/c1-18(2)36-28(40)26(13-19-7-5-4-6-8-19)37(16-20-9-10-21(30)14-25(20)32)27(39)17-38(43(3,41)42)22-11-12-24(31)23(15-22)29(33,34)35/h4-12,14-15,18,26H,13,16-17H2,1-3H3,(H,36,40). The van der Waals surface area contributed by atoms with Gasteiger partial charge in [0.15, 0.2) is 0 Å². The van der Waals surface area contributed by atoms with Gasteiger partial charge in [0.1, 0.15) is 12.6 Å². The van der Waals surface area contributed by atoms with Crippen molar-refractivity contribution in [1.82, 2.24) is 10.2 Å². The summed E-state index contributed by atoms with van der Waals surface area (Å²) in [6.07, 6.45) is -4.07. The molecule has 0 heterocycles. The minimum absolute atomic E-state index is 0.0500. The van der Waals surface area contributed by atoms with Crippen LogP contribution in [0.4, 0.5) is 18.9 Å². The van der Waals surface area contributed by atoms with E-state index in [1.54, 1.807) is 56.3 Å². The molecule has 3 aromatic rings. The highest BCUT2D eigenvalue weighted by atomic mass is 35.5. The first-order valence-electron chi connectivity index (χ1n) is 12.9. The molecule has 2 amide bonds. The maximum atomic E-state index is 14.0. The molecule has 0 aromatic heterocycles. The van der Waals surface area contributed by atoms with Crippen LogP contribution in [0.2, 0.25) is 15.1 Å². The van der Waals surface area contributed by atoms with E-state index in [1.165, 1.54) is 11.0 Å². The Morgan fingerprint density at radius 2 is 1.58 bits per heavy atom. The lowest BCUT2D eigenvalue weighted by molar-refractivity contribution is -0.140. The molecule has 14 heteroatoms. The number of alkyl halides is 3. The molecule has 0 fully saturated rings. The lowest BCUT2D eigenvalue weighted by atomic mass is 10.0. The van der Waals surface area contributed by atoms with E-state index < -0.39 is 56.9 Å². The molecule has 0 aliphatic rings. The van der Waals surface area contributed by atoms with Crippen molar-refractivity contribution in [2.24, 2.45) is 0 Å². The van der Waals surface area contributed by atoms with Gasteiger partial charge in [0.05, 0.1) is 22.5 Å². The number of rotatable bonds is 11. The van der Waals surface area contributed by atoms with Gasteiger partial charge in [-0.3, -0.25) is 13.9 Å². The van der Waals surface area contributed by atoms with Gasteiger partial charge in [0.25, 0.3) is 0 Å². The van der Waals surface area contributed by atoms with Crippen LogP contribution in [0.3, 0.4) is 0 Å². The topological polar surface area (TPSA) is 86.8 Å². The van der Waals surface area contributed by atoms with Crippen LogP contribution in [-0.4, -0.2) is 50.0 Å². The fourth-order valence-electron chi connectivity index (χ4n) is 4.27. The Labute approximate surface area is 263 Å². The van der Waals surface area contributed by atoms with Crippen molar-refractivity contribution in [1.29, 1.82) is 0 Å². The summed E-state index contributed by atoms with van der Waals surface area (Å²) in [7, 11) is -4.30. The fourth-order valence-corrected chi connectivity index (χ4v) is 5.80. The van der Waals surface area contributed by atoms with Crippen molar-refractivity contribution >= 4 is 62.3 Å². The van der Waals surface area contributed by atoms with E-state index >= 15 is 0 Å². The molecule has 0 bridgehead atoms. The molecule has 43 heavy (non-hydrogen) atoms. The number of sulfonamides is 1. The molecule has 0 aliphatic carbocycles. The third-order valence-corrected chi connectivity index (χ3v) is 8.34. The third kappa shape index (κ3) is 9.50. The average Bonchev–Trinajstić information content (AvgIpc) is 2.89. The van der Waals surface area contributed by atoms with Crippen LogP contribution >= 0.6 is 34.8 Å². The van der Waals surface area contributed by atoms with Crippen LogP contribution in [0.1, 0.15) is 30.5 Å². The third-order valence-electron chi connectivity index (χ3n) is 6.28. The predicted octanol–water partition coefficient (Wildman–Crippen LogP) is 6.60. The number of nitrogens with one attached hydrogen (secondary N) is 1. The molecule has 0 spiro atoms. The molecule has 7 nitrogen and oxygen atoms in total. The Kier molecular flexibility index (Phi) is 11.4. The number of benzene rings is 3. The smallest absolute Gasteiger partial charge is 0.352 e. The monoisotopic (exact) mass is 677 g/mol. The summed E-state index contributed by atoms with van der Waals surface area (Å²) in [4.78, 5) is 28.8. The van der Waals surface area contributed by atoms with Gasteiger partial charge in [-0.25, -0.2) is 8.42 Å². The SMILES string of the molecule is CC(C)NC(=O)C(Cc1ccccc1)N(Cc1ccc(Cl)cc1Cl)C(=O)CN(c1ccc(Cl)c(C(F)(F)F)c1)S(C)(=O)=O. The first-order chi connectivity index (χ1) is 20.0. The Balaban J connectivity index is 2.13. The number of anilines is 1. The summed E-state index contributed by atoms with van der Waals surface area (Å²) < 4.78 is 67.0. The Morgan fingerprint density at radius 3 is 2.14 bits per heavy atom.